The summed E-state index contributed by atoms with van der Waals surface area (Å²) in [5.41, 5.74) is 0.904. The summed E-state index contributed by atoms with van der Waals surface area (Å²) in [6.07, 6.45) is 0.621. The highest BCUT2D eigenvalue weighted by Crippen LogP contribution is 2.30. The van der Waals surface area contributed by atoms with E-state index in [1.807, 2.05) is 0 Å². The van der Waals surface area contributed by atoms with E-state index >= 15 is 0 Å². The van der Waals surface area contributed by atoms with Gasteiger partial charge in [0.2, 0.25) is 22.7 Å². The molecule has 2 aromatic rings. The maximum absolute atomic E-state index is 12.9. The number of amides is 2. The normalized spacial score (nSPS) is 14.9. The molecule has 1 aromatic carbocycles. The second-order valence-corrected chi connectivity index (χ2v) is 9.47. The van der Waals surface area contributed by atoms with Crippen molar-refractivity contribution in [3.63, 3.8) is 0 Å². The Morgan fingerprint density at radius 2 is 1.82 bits per heavy atom. The molecule has 0 spiro atoms. The summed E-state index contributed by atoms with van der Waals surface area (Å²) < 4.78 is 42.2. The second-order valence-electron chi connectivity index (χ2n) is 7.60. The van der Waals surface area contributed by atoms with Crippen LogP contribution < -0.4 is 15.4 Å². The van der Waals surface area contributed by atoms with Gasteiger partial charge >= 0.3 is 5.97 Å². The quantitative estimate of drug-likeness (QED) is 0.534. The number of rotatable bonds is 8. The molecule has 11 nitrogen and oxygen atoms in total. The zero-order chi connectivity index (χ0) is 24.9. The van der Waals surface area contributed by atoms with Crippen molar-refractivity contribution in [3.8, 4) is 5.75 Å². The predicted molar refractivity (Wildman–Crippen MR) is 122 cm³/mol. The molecule has 0 aliphatic carbocycles. The Balaban J connectivity index is 1.62. The van der Waals surface area contributed by atoms with E-state index in [1.165, 1.54) is 30.5 Å². The smallest absolute Gasteiger partial charge is 0.374 e. The van der Waals surface area contributed by atoms with Gasteiger partial charge in [-0.15, -0.1) is 0 Å². The second kappa shape index (κ2) is 10.7. The lowest BCUT2D eigenvalue weighted by molar-refractivity contribution is -0.121. The average Bonchev–Trinajstić information content (AvgIpc) is 3.31. The third-order valence-electron chi connectivity index (χ3n) is 5.25. The molecule has 0 bridgehead atoms. The first kappa shape index (κ1) is 25.2. The van der Waals surface area contributed by atoms with Crippen LogP contribution in [0.5, 0.6) is 5.75 Å². The highest BCUT2D eigenvalue weighted by molar-refractivity contribution is 7.89. The first-order valence-corrected chi connectivity index (χ1v) is 12.1. The van der Waals surface area contributed by atoms with Gasteiger partial charge in [0.15, 0.2) is 0 Å². The largest absolute Gasteiger partial charge is 0.495 e. The molecule has 3 rings (SSSR count). The van der Waals surface area contributed by atoms with Crippen LogP contribution in [0.3, 0.4) is 0 Å². The number of ether oxygens (including phenoxy) is 2. The third kappa shape index (κ3) is 5.75. The maximum Gasteiger partial charge on any atom is 0.374 e. The minimum atomic E-state index is -3.95. The number of methoxy groups -OCH3 is 1. The molecule has 0 radical (unpaired) electrons. The first-order chi connectivity index (χ1) is 16.1. The number of hydrogen-bond donors (Lipinski definition) is 2. The molecule has 0 saturated carbocycles. The Labute approximate surface area is 197 Å². The Morgan fingerprint density at radius 1 is 1.12 bits per heavy atom. The number of furan rings is 1. The van der Waals surface area contributed by atoms with Crippen LogP contribution in [0.2, 0.25) is 0 Å². The molecule has 1 aromatic heterocycles. The third-order valence-corrected chi connectivity index (χ3v) is 7.03. The molecule has 1 fully saturated rings. The number of benzene rings is 1. The number of anilines is 2. The Hall–Kier alpha value is -3.38. The standard InChI is InChI=1S/C22H27N3O8S/c1-4-32-22(28)19-7-8-20(33-19)34(29,30)25-11-9-15(10-12-25)21(27)24-16-5-6-18(31-3)17(13-16)23-14(2)26/h5-8,13,15H,4,9-12H2,1-3H3,(H,23,26)(H,24,27). The van der Waals surface area contributed by atoms with Gasteiger partial charge < -0.3 is 24.5 Å². The van der Waals surface area contributed by atoms with Crippen LogP contribution >= 0.6 is 0 Å². The zero-order valence-electron chi connectivity index (χ0n) is 19.1. The van der Waals surface area contributed by atoms with Gasteiger partial charge in [0.1, 0.15) is 5.75 Å². The number of sulfonamides is 1. The van der Waals surface area contributed by atoms with Gasteiger partial charge in [0, 0.05) is 31.6 Å². The van der Waals surface area contributed by atoms with Crippen LogP contribution in [-0.2, 0) is 24.3 Å². The first-order valence-electron chi connectivity index (χ1n) is 10.7. The maximum atomic E-state index is 12.9. The average molecular weight is 494 g/mol. The summed E-state index contributed by atoms with van der Waals surface area (Å²) in [5, 5.41) is 5.11. The van der Waals surface area contributed by atoms with Gasteiger partial charge in [-0.25, -0.2) is 13.2 Å². The fourth-order valence-electron chi connectivity index (χ4n) is 3.57. The van der Waals surface area contributed by atoms with E-state index in [4.69, 9.17) is 13.9 Å². The van der Waals surface area contributed by atoms with E-state index in [2.05, 4.69) is 10.6 Å². The van der Waals surface area contributed by atoms with Gasteiger partial charge in [-0.05, 0) is 50.1 Å². The predicted octanol–water partition coefficient (Wildman–Crippen LogP) is 2.46. The van der Waals surface area contributed by atoms with Gasteiger partial charge in [-0.2, -0.15) is 4.31 Å². The molecule has 1 saturated heterocycles. The lowest BCUT2D eigenvalue weighted by Gasteiger charge is -2.29. The van der Waals surface area contributed by atoms with Crippen LogP contribution in [0.1, 0.15) is 37.2 Å². The number of piperidine rings is 1. The molecular weight excluding hydrogens is 466 g/mol. The molecule has 2 amide bonds. The number of nitrogens with one attached hydrogen (secondary N) is 2. The fourth-order valence-corrected chi connectivity index (χ4v) is 4.95. The molecule has 2 N–H and O–H groups in total. The van der Waals surface area contributed by atoms with Crippen LogP contribution in [0, 0.1) is 5.92 Å². The fraction of sp³-hybridized carbons (Fsp3) is 0.409. The van der Waals surface area contributed by atoms with Crippen LogP contribution in [0.25, 0.3) is 0 Å². The highest BCUT2D eigenvalue weighted by atomic mass is 32.2. The van der Waals surface area contributed by atoms with Crippen LogP contribution in [-0.4, -0.2) is 57.3 Å². The van der Waals surface area contributed by atoms with Crippen molar-refractivity contribution in [2.45, 2.75) is 31.8 Å². The number of esters is 1. The minimum Gasteiger partial charge on any atom is -0.495 e. The van der Waals surface area contributed by atoms with Crippen LogP contribution in [0.4, 0.5) is 11.4 Å². The Morgan fingerprint density at radius 3 is 2.44 bits per heavy atom. The van der Waals surface area contributed by atoms with E-state index in [0.29, 0.717) is 30.0 Å². The summed E-state index contributed by atoms with van der Waals surface area (Å²) in [6.45, 7) is 3.38. The monoisotopic (exact) mass is 493 g/mol. The summed E-state index contributed by atoms with van der Waals surface area (Å²) >= 11 is 0. The molecule has 12 heteroatoms. The Kier molecular flexibility index (Phi) is 7.94. The molecule has 34 heavy (non-hydrogen) atoms. The van der Waals surface area contributed by atoms with Crippen molar-refractivity contribution in [1.82, 2.24) is 4.31 Å². The minimum absolute atomic E-state index is 0.121. The van der Waals surface area contributed by atoms with Crippen molar-refractivity contribution < 1.29 is 36.7 Å². The lowest BCUT2D eigenvalue weighted by Crippen LogP contribution is -2.41. The summed E-state index contributed by atoms with van der Waals surface area (Å²) in [5.74, 6) is -1.40. The lowest BCUT2D eigenvalue weighted by atomic mass is 9.97. The zero-order valence-corrected chi connectivity index (χ0v) is 19.9. The van der Waals surface area contributed by atoms with Crippen molar-refractivity contribution >= 4 is 39.2 Å². The van der Waals surface area contributed by atoms with E-state index < -0.39 is 21.9 Å². The van der Waals surface area contributed by atoms with E-state index in [1.54, 1.807) is 25.1 Å². The van der Waals surface area contributed by atoms with Crippen molar-refractivity contribution in [1.29, 1.82) is 0 Å². The van der Waals surface area contributed by atoms with Crippen molar-refractivity contribution in [3.05, 3.63) is 36.1 Å². The molecule has 0 unspecified atom stereocenters. The van der Waals surface area contributed by atoms with Crippen molar-refractivity contribution in [2.75, 3.05) is 37.4 Å². The molecule has 184 valence electrons. The van der Waals surface area contributed by atoms with Crippen molar-refractivity contribution in [2.24, 2.45) is 5.92 Å². The molecule has 1 aliphatic rings. The summed E-state index contributed by atoms with van der Waals surface area (Å²) in [6, 6.07) is 7.35. The van der Waals surface area contributed by atoms with E-state index in [0.717, 1.165) is 0 Å². The SMILES string of the molecule is CCOC(=O)c1ccc(S(=O)(=O)N2CCC(C(=O)Nc3ccc(OC)c(NC(C)=O)c3)CC2)o1. The topological polar surface area (TPSA) is 144 Å². The number of carbonyl (C=O) groups excluding carboxylic acids is 3. The van der Waals surface area contributed by atoms with Gasteiger partial charge in [-0.3, -0.25) is 9.59 Å². The van der Waals surface area contributed by atoms with Gasteiger partial charge in [-0.1, -0.05) is 0 Å². The Bertz CT molecular complexity index is 1170. The molecule has 2 heterocycles. The van der Waals surface area contributed by atoms with Gasteiger partial charge in [0.25, 0.3) is 10.0 Å². The van der Waals surface area contributed by atoms with E-state index in [9.17, 15) is 22.8 Å². The van der Waals surface area contributed by atoms with E-state index in [-0.39, 0.29) is 42.4 Å². The molecule has 1 aliphatic heterocycles. The van der Waals surface area contributed by atoms with Gasteiger partial charge in [0.05, 0.1) is 19.4 Å². The summed E-state index contributed by atoms with van der Waals surface area (Å²) in [4.78, 5) is 35.9. The number of hydrogen-bond acceptors (Lipinski definition) is 8. The molecule has 0 atom stereocenters. The number of nitrogens with zero attached hydrogens (tertiary/aromatic N) is 1. The number of carbonyl (C=O) groups is 3. The highest BCUT2D eigenvalue weighted by Gasteiger charge is 2.34. The van der Waals surface area contributed by atoms with Crippen LogP contribution in [0.15, 0.2) is 39.8 Å². The summed E-state index contributed by atoms with van der Waals surface area (Å²) in [7, 11) is -2.48. The molecular formula is C22H27N3O8S.